The van der Waals surface area contributed by atoms with E-state index in [0.29, 0.717) is 29.3 Å². The lowest BCUT2D eigenvalue weighted by atomic mass is 9.91. The van der Waals surface area contributed by atoms with Crippen molar-refractivity contribution in [2.75, 3.05) is 18.4 Å². The molecule has 5 heteroatoms. The Kier molecular flexibility index (Phi) is 6.03. The van der Waals surface area contributed by atoms with E-state index in [1.165, 1.54) is 0 Å². The van der Waals surface area contributed by atoms with Crippen molar-refractivity contribution in [3.63, 3.8) is 0 Å². The summed E-state index contributed by atoms with van der Waals surface area (Å²) in [5.41, 5.74) is 6.62. The summed E-state index contributed by atoms with van der Waals surface area (Å²) < 4.78 is 0. The van der Waals surface area contributed by atoms with Crippen LogP contribution in [0.1, 0.15) is 32.6 Å². The molecular weight excluding hydrogens is 286 g/mol. The minimum atomic E-state index is -0.0141. The Hall–Kier alpha value is -1.10. The van der Waals surface area contributed by atoms with Gasteiger partial charge >= 0.3 is 0 Å². The predicted molar refractivity (Wildman–Crippen MR) is 87.6 cm³/mol. The Morgan fingerprint density at radius 3 is 2.62 bits per heavy atom. The molecular formula is C16H24ClN3O. The minimum absolute atomic E-state index is 0.0141. The molecule has 0 radical (unpaired) electrons. The monoisotopic (exact) mass is 309 g/mol. The van der Waals surface area contributed by atoms with Crippen molar-refractivity contribution >= 4 is 23.2 Å². The maximum atomic E-state index is 12.2. The smallest absolute Gasteiger partial charge is 0.238 e. The Morgan fingerprint density at radius 2 is 2.00 bits per heavy atom. The fraction of sp³-hybridized carbons (Fsp3) is 0.562. The number of carbonyl (C=O) groups is 1. The number of likely N-dealkylation sites (N-methyl/N-ethyl adjacent to an activating group) is 1. The average molecular weight is 310 g/mol. The van der Waals surface area contributed by atoms with Gasteiger partial charge in [0.1, 0.15) is 0 Å². The molecule has 1 aromatic carbocycles. The van der Waals surface area contributed by atoms with Crippen molar-refractivity contribution in [1.29, 1.82) is 0 Å². The van der Waals surface area contributed by atoms with Gasteiger partial charge in [0, 0.05) is 12.1 Å². The van der Waals surface area contributed by atoms with Crippen LogP contribution in [0.15, 0.2) is 24.3 Å². The Bertz CT molecular complexity index is 472. The van der Waals surface area contributed by atoms with Crippen LogP contribution in [-0.4, -0.2) is 36.0 Å². The van der Waals surface area contributed by atoms with Gasteiger partial charge in [0.2, 0.25) is 5.91 Å². The van der Waals surface area contributed by atoms with Crippen LogP contribution < -0.4 is 11.1 Å². The Morgan fingerprint density at radius 1 is 1.33 bits per heavy atom. The van der Waals surface area contributed by atoms with Crippen molar-refractivity contribution in [3.8, 4) is 0 Å². The van der Waals surface area contributed by atoms with Crippen LogP contribution in [0, 0.1) is 0 Å². The van der Waals surface area contributed by atoms with E-state index in [1.807, 2.05) is 18.2 Å². The number of halogens is 1. The van der Waals surface area contributed by atoms with Gasteiger partial charge in [-0.1, -0.05) is 30.7 Å². The molecule has 1 aliphatic rings. The lowest BCUT2D eigenvalue weighted by molar-refractivity contribution is -0.118. The van der Waals surface area contributed by atoms with E-state index in [4.69, 9.17) is 17.3 Å². The van der Waals surface area contributed by atoms with Gasteiger partial charge in [-0.15, -0.1) is 0 Å². The second kappa shape index (κ2) is 7.78. The molecule has 0 unspecified atom stereocenters. The van der Waals surface area contributed by atoms with Crippen LogP contribution in [0.2, 0.25) is 5.02 Å². The highest BCUT2D eigenvalue weighted by Gasteiger charge is 2.24. The molecule has 4 nitrogen and oxygen atoms in total. The highest BCUT2D eigenvalue weighted by atomic mass is 35.5. The summed E-state index contributed by atoms with van der Waals surface area (Å²) in [7, 11) is 0. The molecule has 0 spiro atoms. The highest BCUT2D eigenvalue weighted by Crippen LogP contribution is 2.23. The predicted octanol–water partition coefficient (Wildman–Crippen LogP) is 2.87. The molecule has 2 rings (SSSR count). The normalized spacial score (nSPS) is 22.3. The third-order valence-corrected chi connectivity index (χ3v) is 4.49. The molecule has 0 aromatic heterocycles. The molecule has 1 aliphatic carbocycles. The number of benzene rings is 1. The summed E-state index contributed by atoms with van der Waals surface area (Å²) in [5, 5.41) is 3.45. The van der Waals surface area contributed by atoms with Crippen molar-refractivity contribution < 1.29 is 4.79 Å². The third-order valence-electron chi connectivity index (χ3n) is 4.16. The lowest BCUT2D eigenvalue weighted by Crippen LogP contribution is -2.44. The van der Waals surface area contributed by atoms with Gasteiger partial charge in [0.05, 0.1) is 17.3 Å². The number of para-hydroxylation sites is 1. The zero-order chi connectivity index (χ0) is 15.2. The quantitative estimate of drug-likeness (QED) is 0.879. The first-order chi connectivity index (χ1) is 10.1. The number of nitrogens with one attached hydrogen (secondary N) is 1. The first-order valence-corrected chi connectivity index (χ1v) is 8.02. The molecule has 3 N–H and O–H groups in total. The first kappa shape index (κ1) is 16.3. The van der Waals surface area contributed by atoms with Gasteiger partial charge in [-0.3, -0.25) is 9.69 Å². The Balaban J connectivity index is 1.89. The van der Waals surface area contributed by atoms with Crippen molar-refractivity contribution in [2.45, 2.75) is 44.7 Å². The number of amides is 1. The first-order valence-electron chi connectivity index (χ1n) is 7.64. The van der Waals surface area contributed by atoms with Gasteiger partial charge in [-0.05, 0) is 44.4 Å². The van der Waals surface area contributed by atoms with E-state index in [2.05, 4.69) is 17.1 Å². The number of carbonyl (C=O) groups excluding carboxylic acids is 1. The van der Waals surface area contributed by atoms with Gasteiger partial charge in [0.25, 0.3) is 0 Å². The summed E-state index contributed by atoms with van der Waals surface area (Å²) >= 11 is 6.06. The van der Waals surface area contributed by atoms with E-state index < -0.39 is 0 Å². The lowest BCUT2D eigenvalue weighted by Gasteiger charge is -2.35. The second-order valence-corrected chi connectivity index (χ2v) is 6.07. The minimum Gasteiger partial charge on any atom is -0.328 e. The van der Waals surface area contributed by atoms with E-state index in [-0.39, 0.29) is 5.91 Å². The molecule has 0 atom stereocenters. The largest absolute Gasteiger partial charge is 0.328 e. The molecule has 0 heterocycles. The average Bonchev–Trinajstić information content (AvgIpc) is 2.48. The maximum absolute atomic E-state index is 12.2. The molecule has 0 aliphatic heterocycles. The summed E-state index contributed by atoms with van der Waals surface area (Å²) in [6.07, 6.45) is 4.25. The topological polar surface area (TPSA) is 58.4 Å². The van der Waals surface area contributed by atoms with Crippen molar-refractivity contribution in [1.82, 2.24) is 4.90 Å². The number of rotatable bonds is 5. The SMILES string of the molecule is CCN(CC(=O)Nc1ccccc1Cl)C1CCC(N)CC1. The third kappa shape index (κ3) is 4.70. The molecule has 21 heavy (non-hydrogen) atoms. The van der Waals surface area contributed by atoms with Crippen LogP contribution in [-0.2, 0) is 4.79 Å². The molecule has 1 amide bonds. The summed E-state index contributed by atoms with van der Waals surface area (Å²) in [4.78, 5) is 14.4. The fourth-order valence-corrected chi connectivity index (χ4v) is 3.09. The standard InChI is InChI=1S/C16H24ClN3O/c1-2-20(13-9-7-12(18)8-10-13)11-16(21)19-15-6-4-3-5-14(15)17/h3-6,12-13H,2,7-11,18H2,1H3,(H,19,21). The van der Waals surface area contributed by atoms with E-state index in [1.54, 1.807) is 6.07 Å². The van der Waals surface area contributed by atoms with Crippen LogP contribution in [0.5, 0.6) is 0 Å². The van der Waals surface area contributed by atoms with Gasteiger partial charge in [-0.25, -0.2) is 0 Å². The molecule has 1 saturated carbocycles. The number of hydrogen-bond acceptors (Lipinski definition) is 3. The van der Waals surface area contributed by atoms with Crippen molar-refractivity contribution in [2.24, 2.45) is 5.73 Å². The summed E-state index contributed by atoms with van der Waals surface area (Å²) in [6.45, 7) is 3.37. The number of hydrogen-bond donors (Lipinski definition) is 2. The van der Waals surface area contributed by atoms with Crippen LogP contribution in [0.3, 0.4) is 0 Å². The fourth-order valence-electron chi connectivity index (χ4n) is 2.90. The molecule has 0 saturated heterocycles. The second-order valence-electron chi connectivity index (χ2n) is 5.66. The zero-order valence-corrected chi connectivity index (χ0v) is 13.3. The number of anilines is 1. The highest BCUT2D eigenvalue weighted by molar-refractivity contribution is 6.33. The van der Waals surface area contributed by atoms with E-state index in [9.17, 15) is 4.79 Å². The number of nitrogens with zero attached hydrogens (tertiary/aromatic N) is 1. The van der Waals surface area contributed by atoms with Gasteiger partial charge < -0.3 is 11.1 Å². The van der Waals surface area contributed by atoms with Gasteiger partial charge in [0.15, 0.2) is 0 Å². The van der Waals surface area contributed by atoms with Gasteiger partial charge in [-0.2, -0.15) is 0 Å². The molecule has 1 fully saturated rings. The maximum Gasteiger partial charge on any atom is 0.238 e. The van der Waals surface area contributed by atoms with Crippen molar-refractivity contribution in [3.05, 3.63) is 29.3 Å². The Labute approximate surface area is 131 Å². The van der Waals surface area contributed by atoms with Crippen LogP contribution in [0.4, 0.5) is 5.69 Å². The summed E-state index contributed by atoms with van der Waals surface area (Å²) in [5.74, 6) is -0.0141. The molecule has 116 valence electrons. The zero-order valence-electron chi connectivity index (χ0n) is 12.5. The van der Waals surface area contributed by atoms with E-state index >= 15 is 0 Å². The van der Waals surface area contributed by atoms with Crippen LogP contribution in [0.25, 0.3) is 0 Å². The summed E-state index contributed by atoms with van der Waals surface area (Å²) in [6, 6.07) is 8.10. The molecule has 0 bridgehead atoms. The molecule has 1 aromatic rings. The van der Waals surface area contributed by atoms with E-state index in [0.717, 1.165) is 32.2 Å². The number of nitrogens with two attached hydrogens (primary N) is 1. The van der Waals surface area contributed by atoms with Crippen LogP contribution >= 0.6 is 11.6 Å².